The van der Waals surface area contributed by atoms with E-state index in [4.69, 9.17) is 0 Å². The van der Waals surface area contributed by atoms with Gasteiger partial charge in [0, 0.05) is 30.7 Å². The molecule has 3 nitrogen and oxygen atoms in total. The Balaban J connectivity index is 1.99. The molecule has 1 aliphatic heterocycles. The summed E-state index contributed by atoms with van der Waals surface area (Å²) >= 11 is 0. The number of hydrogen-bond acceptors (Lipinski definition) is 2. The van der Waals surface area contributed by atoms with Crippen LogP contribution in [0.2, 0.25) is 0 Å². The van der Waals surface area contributed by atoms with Crippen molar-refractivity contribution in [1.82, 2.24) is 5.32 Å². The first kappa shape index (κ1) is 13.8. The molecule has 1 aromatic rings. The number of anilines is 1. The first-order valence-electron chi connectivity index (χ1n) is 6.87. The number of amides is 1. The number of carbonyl (C=O) groups is 1. The van der Waals surface area contributed by atoms with Gasteiger partial charge >= 0.3 is 0 Å². The van der Waals surface area contributed by atoms with Crippen LogP contribution >= 0.6 is 0 Å². The van der Waals surface area contributed by atoms with E-state index in [1.54, 1.807) is 12.1 Å². The summed E-state index contributed by atoms with van der Waals surface area (Å²) in [7, 11) is 0. The Kier molecular flexibility index (Phi) is 4.40. The van der Waals surface area contributed by atoms with Crippen LogP contribution in [0, 0.1) is 11.7 Å². The van der Waals surface area contributed by atoms with Crippen molar-refractivity contribution in [1.29, 1.82) is 0 Å². The molecule has 1 aromatic carbocycles. The Morgan fingerprint density at radius 3 is 2.95 bits per heavy atom. The summed E-state index contributed by atoms with van der Waals surface area (Å²) in [6.45, 7) is 5.45. The van der Waals surface area contributed by atoms with Gasteiger partial charge in [0.2, 0.25) is 5.91 Å². The van der Waals surface area contributed by atoms with Crippen molar-refractivity contribution in [2.24, 2.45) is 5.92 Å². The average molecular weight is 264 g/mol. The van der Waals surface area contributed by atoms with Crippen molar-refractivity contribution < 1.29 is 9.18 Å². The van der Waals surface area contributed by atoms with Crippen molar-refractivity contribution >= 4 is 11.6 Å². The molecule has 1 saturated heterocycles. The first-order chi connectivity index (χ1) is 9.06. The van der Waals surface area contributed by atoms with Crippen LogP contribution in [-0.2, 0) is 4.79 Å². The predicted molar refractivity (Wildman–Crippen MR) is 74.6 cm³/mol. The number of nitrogens with zero attached hydrogens (tertiary/aromatic N) is 1. The van der Waals surface area contributed by atoms with Crippen molar-refractivity contribution in [2.75, 3.05) is 18.0 Å². The SMILES string of the molecule is CC(C)C(=O)NC1CCCN(c2cccc(F)c2)C1. The van der Waals surface area contributed by atoms with E-state index < -0.39 is 0 Å². The lowest BCUT2D eigenvalue weighted by Crippen LogP contribution is -2.48. The number of piperidine rings is 1. The van der Waals surface area contributed by atoms with Crippen molar-refractivity contribution in [3.8, 4) is 0 Å². The van der Waals surface area contributed by atoms with Gasteiger partial charge in [-0.2, -0.15) is 0 Å². The quantitative estimate of drug-likeness (QED) is 0.910. The second-order valence-corrected chi connectivity index (χ2v) is 5.43. The van der Waals surface area contributed by atoms with Crippen molar-refractivity contribution in [2.45, 2.75) is 32.7 Å². The van der Waals surface area contributed by atoms with Crippen LogP contribution in [0.1, 0.15) is 26.7 Å². The molecule has 0 bridgehead atoms. The Morgan fingerprint density at radius 2 is 2.26 bits per heavy atom. The van der Waals surface area contributed by atoms with Gasteiger partial charge in [0.1, 0.15) is 5.82 Å². The lowest BCUT2D eigenvalue weighted by molar-refractivity contribution is -0.124. The third-order valence-electron chi connectivity index (χ3n) is 3.47. The molecular formula is C15H21FN2O. The molecule has 4 heteroatoms. The standard InChI is InChI=1S/C15H21FN2O/c1-11(2)15(19)17-13-6-4-8-18(10-13)14-7-3-5-12(16)9-14/h3,5,7,9,11,13H,4,6,8,10H2,1-2H3,(H,17,19). The second kappa shape index (κ2) is 6.04. The van der Waals surface area contributed by atoms with Gasteiger partial charge in [-0.05, 0) is 31.0 Å². The van der Waals surface area contributed by atoms with Gasteiger partial charge in [-0.25, -0.2) is 4.39 Å². The van der Waals surface area contributed by atoms with Crippen LogP contribution in [0.3, 0.4) is 0 Å². The van der Waals surface area contributed by atoms with Crippen LogP contribution in [0.25, 0.3) is 0 Å². The van der Waals surface area contributed by atoms with E-state index in [1.807, 2.05) is 19.9 Å². The van der Waals surface area contributed by atoms with E-state index in [2.05, 4.69) is 10.2 Å². The molecule has 19 heavy (non-hydrogen) atoms. The highest BCUT2D eigenvalue weighted by Gasteiger charge is 2.22. The predicted octanol–water partition coefficient (Wildman–Crippen LogP) is 2.57. The Hall–Kier alpha value is -1.58. The summed E-state index contributed by atoms with van der Waals surface area (Å²) in [4.78, 5) is 13.9. The van der Waals surface area contributed by atoms with Crippen LogP contribution in [0.15, 0.2) is 24.3 Å². The van der Waals surface area contributed by atoms with Crippen LogP contribution < -0.4 is 10.2 Å². The molecule has 0 spiro atoms. The summed E-state index contributed by atoms with van der Waals surface area (Å²) in [5, 5.41) is 3.06. The van der Waals surface area contributed by atoms with E-state index in [0.29, 0.717) is 0 Å². The van der Waals surface area contributed by atoms with Gasteiger partial charge in [-0.3, -0.25) is 4.79 Å². The molecule has 0 aromatic heterocycles. The monoisotopic (exact) mass is 264 g/mol. The van der Waals surface area contributed by atoms with E-state index >= 15 is 0 Å². The summed E-state index contributed by atoms with van der Waals surface area (Å²) in [6.07, 6.45) is 2.00. The van der Waals surface area contributed by atoms with Gasteiger partial charge in [0.25, 0.3) is 0 Å². The fourth-order valence-corrected chi connectivity index (χ4v) is 2.37. The largest absolute Gasteiger partial charge is 0.369 e. The van der Waals surface area contributed by atoms with Crippen molar-refractivity contribution in [3.05, 3.63) is 30.1 Å². The van der Waals surface area contributed by atoms with Gasteiger partial charge in [0.05, 0.1) is 0 Å². The van der Waals surface area contributed by atoms with Gasteiger partial charge in [-0.15, -0.1) is 0 Å². The maximum absolute atomic E-state index is 13.2. The van der Waals surface area contributed by atoms with E-state index in [1.165, 1.54) is 6.07 Å². The Bertz CT molecular complexity index is 448. The third kappa shape index (κ3) is 3.69. The number of benzene rings is 1. The van der Waals surface area contributed by atoms with Crippen LogP contribution in [0.4, 0.5) is 10.1 Å². The molecule has 0 radical (unpaired) electrons. The first-order valence-corrected chi connectivity index (χ1v) is 6.87. The molecule has 1 atom stereocenters. The molecule has 2 rings (SSSR count). The lowest BCUT2D eigenvalue weighted by atomic mass is 10.0. The topological polar surface area (TPSA) is 32.3 Å². The smallest absolute Gasteiger partial charge is 0.222 e. The zero-order valence-electron chi connectivity index (χ0n) is 11.5. The van der Waals surface area contributed by atoms with Crippen molar-refractivity contribution in [3.63, 3.8) is 0 Å². The van der Waals surface area contributed by atoms with Gasteiger partial charge in [0.15, 0.2) is 0 Å². The van der Waals surface area contributed by atoms with Crippen LogP contribution in [0.5, 0.6) is 0 Å². The van der Waals surface area contributed by atoms with Crippen LogP contribution in [-0.4, -0.2) is 25.0 Å². The molecular weight excluding hydrogens is 243 g/mol. The number of nitrogens with one attached hydrogen (secondary N) is 1. The molecule has 1 heterocycles. The number of hydrogen-bond donors (Lipinski definition) is 1. The average Bonchev–Trinajstić information content (AvgIpc) is 2.39. The third-order valence-corrected chi connectivity index (χ3v) is 3.47. The molecule has 1 unspecified atom stereocenters. The highest BCUT2D eigenvalue weighted by atomic mass is 19.1. The summed E-state index contributed by atoms with van der Waals surface area (Å²) in [5.41, 5.74) is 0.892. The number of halogens is 1. The lowest BCUT2D eigenvalue weighted by Gasteiger charge is -2.35. The minimum absolute atomic E-state index is 0.00421. The maximum Gasteiger partial charge on any atom is 0.222 e. The number of carbonyl (C=O) groups excluding carboxylic acids is 1. The molecule has 1 N–H and O–H groups in total. The summed E-state index contributed by atoms with van der Waals surface area (Å²) in [5.74, 6) is -0.124. The zero-order valence-corrected chi connectivity index (χ0v) is 11.5. The minimum atomic E-state index is -0.217. The van der Waals surface area contributed by atoms with E-state index in [-0.39, 0.29) is 23.7 Å². The molecule has 1 fully saturated rings. The zero-order chi connectivity index (χ0) is 13.8. The fraction of sp³-hybridized carbons (Fsp3) is 0.533. The number of rotatable bonds is 3. The van der Waals surface area contributed by atoms with Gasteiger partial charge in [-0.1, -0.05) is 19.9 Å². The van der Waals surface area contributed by atoms with E-state index in [9.17, 15) is 9.18 Å². The Morgan fingerprint density at radius 1 is 1.47 bits per heavy atom. The fourth-order valence-electron chi connectivity index (χ4n) is 2.37. The molecule has 0 aliphatic carbocycles. The molecule has 1 aliphatic rings. The highest BCUT2D eigenvalue weighted by molar-refractivity contribution is 5.78. The molecule has 1 amide bonds. The minimum Gasteiger partial charge on any atom is -0.369 e. The summed E-state index contributed by atoms with van der Waals surface area (Å²) in [6, 6.07) is 6.79. The summed E-state index contributed by atoms with van der Waals surface area (Å²) < 4.78 is 13.2. The Labute approximate surface area is 113 Å². The van der Waals surface area contributed by atoms with E-state index in [0.717, 1.165) is 31.6 Å². The van der Waals surface area contributed by atoms with Gasteiger partial charge < -0.3 is 10.2 Å². The highest BCUT2D eigenvalue weighted by Crippen LogP contribution is 2.20. The molecule has 104 valence electrons. The maximum atomic E-state index is 13.2. The second-order valence-electron chi connectivity index (χ2n) is 5.43. The molecule has 0 saturated carbocycles. The normalized spacial score (nSPS) is 19.6.